The van der Waals surface area contributed by atoms with Gasteiger partial charge in [-0.2, -0.15) is 0 Å². The number of hydrogen-bond acceptors (Lipinski definition) is 3. The van der Waals surface area contributed by atoms with Gasteiger partial charge >= 0.3 is 0 Å². The molecule has 0 unspecified atom stereocenters. The van der Waals surface area contributed by atoms with Crippen molar-refractivity contribution in [2.45, 2.75) is 117 Å². The number of amides is 2. The zero-order valence-corrected chi connectivity index (χ0v) is 23.6. The number of nitrogens with one attached hydrogen (secondary N) is 2. The lowest BCUT2D eigenvalue weighted by molar-refractivity contribution is -0.149. The SMILES string of the molecule is CC1=C(C[C@@]23C[C@H]4C(=O)N[C@@H](CC(C)C)C(=O)N4[C@@H]2Nc2ccccc23)[C@@]2(C)CCCC(C)(C)[C@@H]2CC1. The number of rotatable bonds is 4. The molecule has 5 nitrogen and oxygen atoms in total. The van der Waals surface area contributed by atoms with Crippen LogP contribution in [0.5, 0.6) is 0 Å². The zero-order chi connectivity index (χ0) is 26.3. The highest BCUT2D eigenvalue weighted by molar-refractivity contribution is 5.98. The molecule has 2 aliphatic carbocycles. The van der Waals surface area contributed by atoms with E-state index in [4.69, 9.17) is 0 Å². The first-order chi connectivity index (χ1) is 17.5. The van der Waals surface area contributed by atoms with Gasteiger partial charge in [0.15, 0.2) is 0 Å². The van der Waals surface area contributed by atoms with Gasteiger partial charge in [0.25, 0.3) is 0 Å². The van der Waals surface area contributed by atoms with Crippen molar-refractivity contribution in [3.05, 3.63) is 41.0 Å². The van der Waals surface area contributed by atoms with Crippen LogP contribution < -0.4 is 10.6 Å². The quantitative estimate of drug-likeness (QED) is 0.484. The van der Waals surface area contributed by atoms with E-state index in [9.17, 15) is 9.59 Å². The molecule has 1 aromatic carbocycles. The molecule has 3 fully saturated rings. The Morgan fingerprint density at radius 1 is 1.08 bits per heavy atom. The topological polar surface area (TPSA) is 61.4 Å². The van der Waals surface area contributed by atoms with Gasteiger partial charge in [0.05, 0.1) is 0 Å². The van der Waals surface area contributed by atoms with Crippen LogP contribution >= 0.6 is 0 Å². The molecule has 5 aliphatic rings. The maximum absolute atomic E-state index is 13.9. The highest BCUT2D eigenvalue weighted by Crippen LogP contribution is 2.64. The minimum atomic E-state index is -0.429. The Bertz CT molecular complexity index is 1170. The largest absolute Gasteiger partial charge is 0.364 e. The van der Waals surface area contributed by atoms with Crippen molar-refractivity contribution in [1.82, 2.24) is 10.2 Å². The van der Waals surface area contributed by atoms with E-state index in [1.807, 2.05) is 4.90 Å². The van der Waals surface area contributed by atoms with Crippen molar-refractivity contribution in [3.8, 4) is 0 Å². The summed E-state index contributed by atoms with van der Waals surface area (Å²) in [5, 5.41) is 6.87. The summed E-state index contributed by atoms with van der Waals surface area (Å²) in [6, 6.07) is 7.77. The zero-order valence-electron chi connectivity index (χ0n) is 23.6. The molecule has 0 bridgehead atoms. The summed E-state index contributed by atoms with van der Waals surface area (Å²) in [6.45, 7) is 14.1. The molecule has 0 radical (unpaired) electrons. The van der Waals surface area contributed by atoms with Gasteiger partial charge in [0.1, 0.15) is 18.2 Å². The van der Waals surface area contributed by atoms with Crippen LogP contribution in [0, 0.1) is 22.7 Å². The van der Waals surface area contributed by atoms with Crippen LogP contribution in [0.25, 0.3) is 0 Å². The maximum atomic E-state index is 13.9. The number of carbonyl (C=O) groups is 2. The number of hydrogen-bond donors (Lipinski definition) is 2. The molecule has 37 heavy (non-hydrogen) atoms. The number of para-hydroxylation sites is 1. The Kier molecular flexibility index (Phi) is 5.64. The smallest absolute Gasteiger partial charge is 0.247 e. The first-order valence-electron chi connectivity index (χ1n) is 14.7. The third-order valence-corrected chi connectivity index (χ3v) is 11.1. The predicted octanol–water partition coefficient (Wildman–Crippen LogP) is 6.15. The summed E-state index contributed by atoms with van der Waals surface area (Å²) < 4.78 is 0. The fourth-order valence-corrected chi connectivity index (χ4v) is 9.42. The first kappa shape index (κ1) is 25.0. The van der Waals surface area contributed by atoms with E-state index >= 15 is 0 Å². The molecule has 200 valence electrons. The minimum Gasteiger partial charge on any atom is -0.364 e. The Morgan fingerprint density at radius 2 is 1.84 bits per heavy atom. The number of carbonyl (C=O) groups excluding carboxylic acids is 2. The summed E-state index contributed by atoms with van der Waals surface area (Å²) in [6.07, 6.45) is 8.38. The summed E-state index contributed by atoms with van der Waals surface area (Å²) in [5.74, 6) is 1.13. The predicted molar refractivity (Wildman–Crippen MR) is 148 cm³/mol. The Hall–Kier alpha value is -2.30. The molecule has 3 heterocycles. The number of nitrogens with zero attached hydrogens (tertiary/aromatic N) is 1. The van der Waals surface area contributed by atoms with Gasteiger partial charge in [0, 0.05) is 11.1 Å². The van der Waals surface area contributed by atoms with E-state index < -0.39 is 12.1 Å². The van der Waals surface area contributed by atoms with E-state index in [-0.39, 0.29) is 28.8 Å². The molecule has 2 saturated heterocycles. The van der Waals surface area contributed by atoms with Crippen LogP contribution in [-0.4, -0.2) is 35.0 Å². The standard InChI is InChI=1S/C32H45N3O2/c1-19(2)16-24-28(37)35-25(27(36)33-24)18-32(21-10-7-8-11-23(21)34-29(32)35)17-22-20(3)12-13-26-30(4,5)14-9-15-31(22,26)6/h7-8,10-11,19,24-26,29,34H,9,12-18H2,1-6H3,(H,33,36)/t24-,25-,26-,29-,31+,32-/m0/s1. The van der Waals surface area contributed by atoms with Gasteiger partial charge in [-0.3, -0.25) is 9.59 Å². The number of allylic oxidation sites excluding steroid dienone is 2. The van der Waals surface area contributed by atoms with Gasteiger partial charge in [-0.25, -0.2) is 0 Å². The Morgan fingerprint density at radius 3 is 2.59 bits per heavy atom. The van der Waals surface area contributed by atoms with E-state index in [0.717, 1.165) is 18.5 Å². The monoisotopic (exact) mass is 503 g/mol. The third-order valence-electron chi connectivity index (χ3n) is 11.1. The van der Waals surface area contributed by atoms with Crippen LogP contribution in [0.3, 0.4) is 0 Å². The molecule has 0 aromatic heterocycles. The van der Waals surface area contributed by atoms with Crippen molar-refractivity contribution < 1.29 is 9.59 Å². The van der Waals surface area contributed by atoms with Crippen molar-refractivity contribution in [1.29, 1.82) is 0 Å². The molecule has 6 rings (SSSR count). The lowest BCUT2D eigenvalue weighted by atomic mass is 9.49. The third kappa shape index (κ3) is 3.55. The number of piperazine rings is 1. The van der Waals surface area contributed by atoms with E-state index in [1.54, 1.807) is 11.1 Å². The molecule has 2 N–H and O–H groups in total. The van der Waals surface area contributed by atoms with Gasteiger partial charge in [-0.1, -0.05) is 70.4 Å². The van der Waals surface area contributed by atoms with Gasteiger partial charge in [-0.05, 0) is 86.2 Å². The van der Waals surface area contributed by atoms with Crippen LogP contribution in [0.2, 0.25) is 0 Å². The average Bonchev–Trinajstić information content (AvgIpc) is 3.30. The summed E-state index contributed by atoms with van der Waals surface area (Å²) in [4.78, 5) is 29.4. The number of benzene rings is 1. The van der Waals surface area contributed by atoms with Gasteiger partial charge in [0.2, 0.25) is 11.8 Å². The van der Waals surface area contributed by atoms with E-state index in [0.29, 0.717) is 30.1 Å². The first-order valence-corrected chi connectivity index (χ1v) is 14.7. The van der Waals surface area contributed by atoms with Gasteiger partial charge in [-0.15, -0.1) is 0 Å². The molecule has 1 aromatic rings. The second kappa shape index (κ2) is 8.35. The summed E-state index contributed by atoms with van der Waals surface area (Å²) >= 11 is 0. The molecule has 1 saturated carbocycles. The maximum Gasteiger partial charge on any atom is 0.247 e. The van der Waals surface area contributed by atoms with Crippen LogP contribution in [0.15, 0.2) is 35.4 Å². The Labute approximate surface area is 222 Å². The second-order valence-electron chi connectivity index (χ2n) is 14.2. The van der Waals surface area contributed by atoms with Crippen molar-refractivity contribution in [3.63, 3.8) is 0 Å². The molecule has 2 amide bonds. The fourth-order valence-electron chi connectivity index (χ4n) is 9.42. The van der Waals surface area contributed by atoms with Crippen LogP contribution in [0.4, 0.5) is 5.69 Å². The van der Waals surface area contributed by atoms with Crippen molar-refractivity contribution in [2.24, 2.45) is 22.7 Å². The molecular weight excluding hydrogens is 458 g/mol. The van der Waals surface area contributed by atoms with Crippen LogP contribution in [-0.2, 0) is 15.0 Å². The molecular formula is C32H45N3O2. The highest BCUT2D eigenvalue weighted by Gasteiger charge is 2.64. The number of anilines is 1. The lowest BCUT2D eigenvalue weighted by Gasteiger charge is -2.56. The van der Waals surface area contributed by atoms with E-state index in [2.05, 4.69) is 76.4 Å². The van der Waals surface area contributed by atoms with Crippen LogP contribution in [0.1, 0.15) is 98.5 Å². The van der Waals surface area contributed by atoms with Crippen molar-refractivity contribution >= 4 is 17.5 Å². The van der Waals surface area contributed by atoms with Gasteiger partial charge < -0.3 is 15.5 Å². The highest BCUT2D eigenvalue weighted by atomic mass is 16.2. The molecule has 5 heteroatoms. The molecule has 0 spiro atoms. The summed E-state index contributed by atoms with van der Waals surface area (Å²) in [5.41, 5.74) is 5.82. The fraction of sp³-hybridized carbons (Fsp3) is 0.688. The number of fused-ring (bicyclic) bond motifs is 6. The Balaban J connectivity index is 1.45. The normalized spacial score (nSPS) is 38.1. The average molecular weight is 504 g/mol. The minimum absolute atomic E-state index is 0.0236. The second-order valence-corrected chi connectivity index (χ2v) is 14.2. The van der Waals surface area contributed by atoms with E-state index in [1.165, 1.54) is 31.2 Å². The molecule has 3 aliphatic heterocycles. The summed E-state index contributed by atoms with van der Waals surface area (Å²) in [7, 11) is 0. The van der Waals surface area contributed by atoms with Crippen molar-refractivity contribution in [2.75, 3.05) is 5.32 Å². The molecule has 6 atom stereocenters. The lowest BCUT2D eigenvalue weighted by Crippen LogP contribution is -2.64.